The molecular weight excluding hydrogens is 318 g/mol. The molecule has 2 aliphatic rings. The molecule has 2 heterocycles. The molecule has 6 nitrogen and oxygen atoms in total. The van der Waals surface area contributed by atoms with E-state index >= 15 is 0 Å². The summed E-state index contributed by atoms with van der Waals surface area (Å²) in [6.07, 6.45) is 4.69. The van der Waals surface area contributed by atoms with Crippen molar-refractivity contribution < 1.29 is 9.72 Å². The Bertz CT molecular complexity index is 639. The monoisotopic (exact) mass is 345 g/mol. The van der Waals surface area contributed by atoms with Gasteiger partial charge in [-0.2, -0.15) is 0 Å². The summed E-state index contributed by atoms with van der Waals surface area (Å²) in [6.45, 7) is 6.05. The molecule has 2 fully saturated rings. The largest absolute Gasteiger partial charge is 0.341 e. The Kier molecular flexibility index (Phi) is 5.37. The van der Waals surface area contributed by atoms with Crippen molar-refractivity contribution in [1.82, 2.24) is 9.80 Å². The maximum atomic E-state index is 12.8. The van der Waals surface area contributed by atoms with Crippen molar-refractivity contribution in [3.63, 3.8) is 0 Å². The second kappa shape index (κ2) is 7.52. The first-order valence-corrected chi connectivity index (χ1v) is 9.25. The Balaban J connectivity index is 1.67. The number of amides is 1. The van der Waals surface area contributed by atoms with Gasteiger partial charge >= 0.3 is 0 Å². The highest BCUT2D eigenvalue weighted by atomic mass is 16.6. The van der Waals surface area contributed by atoms with Crippen LogP contribution >= 0.6 is 0 Å². The summed E-state index contributed by atoms with van der Waals surface area (Å²) in [5.41, 5.74) is 0.536. The van der Waals surface area contributed by atoms with Crippen LogP contribution in [0.25, 0.3) is 0 Å². The lowest BCUT2D eigenvalue weighted by molar-refractivity contribution is -0.385. The third-order valence-electron chi connectivity index (χ3n) is 5.72. The molecule has 0 N–H and O–H groups in total. The van der Waals surface area contributed by atoms with E-state index in [1.54, 1.807) is 18.2 Å². The summed E-state index contributed by atoms with van der Waals surface area (Å²) in [5, 5.41) is 11.2. The van der Waals surface area contributed by atoms with Crippen LogP contribution in [0.5, 0.6) is 0 Å². The van der Waals surface area contributed by atoms with Crippen LogP contribution in [0.15, 0.2) is 24.3 Å². The standard InChI is InChI=1S/C19H27N3O3/c1-14-9-10-15(2)21(14)17-7-5-11-20(13-17)19(23)12-16-6-3-4-8-18(16)22(24)25/h3-4,6,8,14-15,17H,5,7,9-13H2,1-2H3. The molecule has 0 spiro atoms. The number of nitro groups is 1. The molecule has 2 saturated heterocycles. The van der Waals surface area contributed by atoms with Crippen molar-refractivity contribution in [1.29, 1.82) is 0 Å². The van der Waals surface area contributed by atoms with Gasteiger partial charge in [-0.1, -0.05) is 18.2 Å². The lowest BCUT2D eigenvalue weighted by Crippen LogP contribution is -2.52. The lowest BCUT2D eigenvalue weighted by atomic mass is 10.0. The minimum Gasteiger partial charge on any atom is -0.341 e. The SMILES string of the molecule is CC1CCC(C)N1C1CCCN(C(=O)Cc2ccccc2[N+](=O)[O-])C1. The highest BCUT2D eigenvalue weighted by molar-refractivity contribution is 5.80. The van der Waals surface area contributed by atoms with Crippen LogP contribution in [-0.2, 0) is 11.2 Å². The summed E-state index contributed by atoms with van der Waals surface area (Å²) in [5.74, 6) is -0.00139. The minimum absolute atomic E-state index is 0.00139. The summed E-state index contributed by atoms with van der Waals surface area (Å²) in [4.78, 5) is 28.0. The van der Waals surface area contributed by atoms with Crippen molar-refractivity contribution >= 4 is 11.6 Å². The molecule has 3 unspecified atom stereocenters. The number of nitro benzene ring substituents is 1. The van der Waals surface area contributed by atoms with Crippen molar-refractivity contribution in [2.45, 2.75) is 64.1 Å². The van der Waals surface area contributed by atoms with Gasteiger partial charge in [0.1, 0.15) is 0 Å². The third kappa shape index (κ3) is 3.84. The fourth-order valence-electron chi connectivity index (χ4n) is 4.47. The van der Waals surface area contributed by atoms with E-state index in [0.29, 0.717) is 23.7 Å². The van der Waals surface area contributed by atoms with Gasteiger partial charge in [0, 0.05) is 42.8 Å². The lowest BCUT2D eigenvalue weighted by Gasteiger charge is -2.41. The Morgan fingerprint density at radius 1 is 1.20 bits per heavy atom. The molecule has 0 aromatic heterocycles. The number of carbonyl (C=O) groups excluding carboxylic acids is 1. The van der Waals surface area contributed by atoms with Gasteiger partial charge in [0.2, 0.25) is 5.91 Å². The quantitative estimate of drug-likeness (QED) is 0.621. The van der Waals surface area contributed by atoms with Crippen LogP contribution in [-0.4, -0.2) is 51.8 Å². The number of para-hydroxylation sites is 1. The van der Waals surface area contributed by atoms with Crippen molar-refractivity contribution in [3.05, 3.63) is 39.9 Å². The normalized spacial score (nSPS) is 27.4. The van der Waals surface area contributed by atoms with Crippen molar-refractivity contribution in [2.24, 2.45) is 0 Å². The average molecular weight is 345 g/mol. The maximum absolute atomic E-state index is 12.8. The van der Waals surface area contributed by atoms with Crippen molar-refractivity contribution in [2.75, 3.05) is 13.1 Å². The maximum Gasteiger partial charge on any atom is 0.273 e. The van der Waals surface area contributed by atoms with Gasteiger partial charge in [-0.05, 0) is 39.5 Å². The molecular formula is C19H27N3O3. The zero-order chi connectivity index (χ0) is 18.0. The van der Waals surface area contributed by atoms with E-state index in [0.717, 1.165) is 25.9 Å². The van der Waals surface area contributed by atoms with E-state index in [4.69, 9.17) is 0 Å². The molecule has 2 aliphatic heterocycles. The number of carbonyl (C=O) groups is 1. The topological polar surface area (TPSA) is 66.7 Å². The second-order valence-electron chi connectivity index (χ2n) is 7.42. The van der Waals surface area contributed by atoms with Crippen LogP contribution in [0, 0.1) is 10.1 Å². The summed E-state index contributed by atoms with van der Waals surface area (Å²) in [6, 6.07) is 8.10. The molecule has 0 aliphatic carbocycles. The van der Waals surface area contributed by atoms with E-state index in [-0.39, 0.29) is 18.0 Å². The van der Waals surface area contributed by atoms with Crippen LogP contribution < -0.4 is 0 Å². The number of hydrogen-bond donors (Lipinski definition) is 0. The predicted octanol–water partition coefficient (Wildman–Crippen LogP) is 3.00. The van der Waals surface area contributed by atoms with E-state index in [1.807, 2.05) is 4.90 Å². The van der Waals surface area contributed by atoms with Gasteiger partial charge in [-0.3, -0.25) is 19.8 Å². The molecule has 3 rings (SSSR count). The highest BCUT2D eigenvalue weighted by Crippen LogP contribution is 2.30. The predicted molar refractivity (Wildman–Crippen MR) is 96.4 cm³/mol. The molecule has 0 bridgehead atoms. The zero-order valence-electron chi connectivity index (χ0n) is 15.1. The summed E-state index contributed by atoms with van der Waals surface area (Å²) in [7, 11) is 0. The van der Waals surface area contributed by atoms with Crippen LogP contribution in [0.2, 0.25) is 0 Å². The number of likely N-dealkylation sites (tertiary alicyclic amines) is 2. The Morgan fingerprint density at radius 3 is 2.56 bits per heavy atom. The van der Waals surface area contributed by atoms with E-state index in [1.165, 1.54) is 18.9 Å². The minimum atomic E-state index is -0.408. The first-order chi connectivity index (χ1) is 12.0. The molecule has 6 heteroatoms. The third-order valence-corrected chi connectivity index (χ3v) is 5.72. The van der Waals surface area contributed by atoms with E-state index in [2.05, 4.69) is 18.7 Å². The highest BCUT2D eigenvalue weighted by Gasteiger charge is 2.36. The molecule has 0 saturated carbocycles. The van der Waals surface area contributed by atoms with Crippen LogP contribution in [0.3, 0.4) is 0 Å². The second-order valence-corrected chi connectivity index (χ2v) is 7.42. The fraction of sp³-hybridized carbons (Fsp3) is 0.632. The first kappa shape index (κ1) is 17.9. The zero-order valence-corrected chi connectivity index (χ0v) is 15.1. The molecule has 136 valence electrons. The average Bonchev–Trinajstić information content (AvgIpc) is 2.94. The molecule has 25 heavy (non-hydrogen) atoms. The fourth-order valence-corrected chi connectivity index (χ4v) is 4.47. The number of hydrogen-bond acceptors (Lipinski definition) is 4. The molecule has 3 atom stereocenters. The van der Waals surface area contributed by atoms with Gasteiger partial charge in [-0.25, -0.2) is 0 Å². The first-order valence-electron chi connectivity index (χ1n) is 9.25. The van der Waals surface area contributed by atoms with Gasteiger partial charge in [0.25, 0.3) is 5.69 Å². The van der Waals surface area contributed by atoms with Crippen LogP contribution in [0.4, 0.5) is 5.69 Å². The number of piperidine rings is 1. The molecule has 0 radical (unpaired) electrons. The number of nitrogens with zero attached hydrogens (tertiary/aromatic N) is 3. The van der Waals surface area contributed by atoms with Crippen LogP contribution in [0.1, 0.15) is 45.1 Å². The Morgan fingerprint density at radius 2 is 1.88 bits per heavy atom. The summed E-state index contributed by atoms with van der Waals surface area (Å²) < 4.78 is 0. The molecule has 1 aromatic rings. The van der Waals surface area contributed by atoms with Crippen molar-refractivity contribution in [3.8, 4) is 0 Å². The number of rotatable bonds is 4. The smallest absolute Gasteiger partial charge is 0.273 e. The number of benzene rings is 1. The molecule has 1 amide bonds. The Hall–Kier alpha value is -1.95. The van der Waals surface area contributed by atoms with E-state index < -0.39 is 4.92 Å². The molecule has 1 aromatic carbocycles. The Labute approximate surface area is 148 Å². The van der Waals surface area contributed by atoms with Gasteiger partial charge in [0.15, 0.2) is 0 Å². The van der Waals surface area contributed by atoms with Gasteiger partial charge in [0.05, 0.1) is 11.3 Å². The van der Waals surface area contributed by atoms with E-state index in [9.17, 15) is 14.9 Å². The van der Waals surface area contributed by atoms with Gasteiger partial charge in [-0.15, -0.1) is 0 Å². The van der Waals surface area contributed by atoms with Gasteiger partial charge < -0.3 is 4.90 Å². The summed E-state index contributed by atoms with van der Waals surface area (Å²) >= 11 is 0.